The number of nitrogens with zero attached hydrogens (tertiary/aromatic N) is 1. The molecule has 0 aliphatic carbocycles. The lowest BCUT2D eigenvalue weighted by Crippen LogP contribution is -2.19. The molecule has 0 fully saturated rings. The van der Waals surface area contributed by atoms with Crippen molar-refractivity contribution in [3.63, 3.8) is 0 Å². The molecule has 3 nitrogen and oxygen atoms in total. The van der Waals surface area contributed by atoms with Crippen LogP contribution in [-0.4, -0.2) is 9.55 Å². The van der Waals surface area contributed by atoms with Gasteiger partial charge in [-0.1, -0.05) is 0 Å². The van der Waals surface area contributed by atoms with Gasteiger partial charge in [0.2, 0.25) is 0 Å². The van der Waals surface area contributed by atoms with Crippen LogP contribution in [0.4, 0.5) is 4.39 Å². The highest BCUT2D eigenvalue weighted by Gasteiger charge is 2.10. The second kappa shape index (κ2) is 3.53. The number of nitrogens with one attached hydrogen (secondary N) is 1. The minimum atomic E-state index is -0.489. The third-order valence-corrected chi connectivity index (χ3v) is 3.20. The van der Waals surface area contributed by atoms with Crippen molar-refractivity contribution in [2.24, 2.45) is 7.05 Å². The summed E-state index contributed by atoms with van der Waals surface area (Å²) in [6.07, 6.45) is 0. The lowest BCUT2D eigenvalue weighted by Gasteiger charge is -2.04. The Morgan fingerprint density at radius 2 is 2.20 bits per heavy atom. The predicted molar refractivity (Wildman–Crippen MR) is 62.0 cm³/mol. The summed E-state index contributed by atoms with van der Waals surface area (Å²) in [7, 11) is 1.54. The summed E-state index contributed by atoms with van der Waals surface area (Å²) in [5.41, 5.74) is -0.183. The quantitative estimate of drug-likeness (QED) is 0.757. The number of hydrogen-bond donors (Lipinski definition) is 1. The average Bonchev–Trinajstić information content (AvgIpc) is 2.20. The van der Waals surface area contributed by atoms with Gasteiger partial charge < -0.3 is 4.98 Å². The van der Waals surface area contributed by atoms with Crippen LogP contribution in [0, 0.1) is 10.6 Å². The van der Waals surface area contributed by atoms with E-state index < -0.39 is 5.82 Å². The molecule has 0 bridgehead atoms. The fourth-order valence-corrected chi connectivity index (χ4v) is 2.02. The summed E-state index contributed by atoms with van der Waals surface area (Å²) >= 11 is 8.10. The Hall–Kier alpha value is -1.01. The zero-order valence-electron chi connectivity index (χ0n) is 7.67. The first-order chi connectivity index (χ1) is 7.02. The molecule has 1 N–H and O–H groups in total. The molecule has 0 unspecified atom stereocenters. The number of rotatable bonds is 0. The molecule has 0 amide bonds. The highest BCUT2D eigenvalue weighted by Crippen LogP contribution is 2.21. The molecule has 0 saturated heterocycles. The van der Waals surface area contributed by atoms with Gasteiger partial charge in [0.15, 0.2) is 4.77 Å². The molecular weight excluding hydrogens is 283 g/mol. The molecule has 1 heterocycles. The predicted octanol–water partition coefficient (Wildman–Crippen LogP) is 2.50. The number of H-pyrrole nitrogens is 1. The molecular formula is C9H6BrFN2OS. The fourth-order valence-electron chi connectivity index (χ4n) is 1.33. The molecule has 0 spiro atoms. The lowest BCUT2D eigenvalue weighted by atomic mass is 10.2. The molecule has 6 heteroatoms. The molecule has 1 aromatic carbocycles. The number of benzene rings is 1. The maximum Gasteiger partial charge on any atom is 0.263 e. The van der Waals surface area contributed by atoms with Gasteiger partial charge in [0.25, 0.3) is 5.56 Å². The van der Waals surface area contributed by atoms with Gasteiger partial charge in [-0.15, -0.1) is 0 Å². The summed E-state index contributed by atoms with van der Waals surface area (Å²) in [6.45, 7) is 0. The summed E-state index contributed by atoms with van der Waals surface area (Å²) in [4.78, 5) is 14.5. The molecule has 78 valence electrons. The molecule has 0 aliphatic rings. The van der Waals surface area contributed by atoms with Crippen LogP contribution in [-0.2, 0) is 7.05 Å². The largest absolute Gasteiger partial charge is 0.329 e. The highest BCUT2D eigenvalue weighted by molar-refractivity contribution is 9.10. The van der Waals surface area contributed by atoms with Gasteiger partial charge in [-0.05, 0) is 40.3 Å². The molecule has 0 saturated carbocycles. The minimum Gasteiger partial charge on any atom is -0.329 e. The van der Waals surface area contributed by atoms with Gasteiger partial charge in [-0.25, -0.2) is 4.39 Å². The number of hydrogen-bond acceptors (Lipinski definition) is 2. The van der Waals surface area contributed by atoms with Gasteiger partial charge in [0, 0.05) is 11.5 Å². The number of aromatic amines is 1. The van der Waals surface area contributed by atoms with Crippen LogP contribution in [0.15, 0.2) is 21.4 Å². The molecule has 1 aromatic heterocycles. The van der Waals surface area contributed by atoms with Crippen molar-refractivity contribution in [1.82, 2.24) is 9.55 Å². The van der Waals surface area contributed by atoms with E-state index in [1.807, 2.05) is 0 Å². The highest BCUT2D eigenvalue weighted by atomic mass is 79.9. The molecule has 0 atom stereocenters. The first-order valence-corrected chi connectivity index (χ1v) is 5.29. The third kappa shape index (κ3) is 1.53. The molecule has 2 aromatic rings. The Morgan fingerprint density at radius 3 is 2.87 bits per heavy atom. The van der Waals surface area contributed by atoms with Gasteiger partial charge in [0.05, 0.1) is 10.9 Å². The van der Waals surface area contributed by atoms with E-state index in [1.54, 1.807) is 0 Å². The first-order valence-electron chi connectivity index (χ1n) is 4.09. The van der Waals surface area contributed by atoms with Gasteiger partial charge in [0.1, 0.15) is 5.82 Å². The van der Waals surface area contributed by atoms with Crippen LogP contribution in [0.3, 0.4) is 0 Å². The van der Waals surface area contributed by atoms with Gasteiger partial charge in [-0.3, -0.25) is 9.36 Å². The van der Waals surface area contributed by atoms with Crippen molar-refractivity contribution in [1.29, 1.82) is 0 Å². The van der Waals surface area contributed by atoms with Crippen molar-refractivity contribution < 1.29 is 4.39 Å². The van der Waals surface area contributed by atoms with Gasteiger partial charge in [-0.2, -0.15) is 0 Å². The second-order valence-corrected chi connectivity index (χ2v) is 4.31. The van der Waals surface area contributed by atoms with Crippen molar-refractivity contribution in [3.8, 4) is 0 Å². The average molecular weight is 289 g/mol. The van der Waals surface area contributed by atoms with Gasteiger partial charge >= 0.3 is 0 Å². The molecule has 15 heavy (non-hydrogen) atoms. The van der Waals surface area contributed by atoms with E-state index in [9.17, 15) is 9.18 Å². The number of aromatic nitrogens is 2. The molecule has 0 radical (unpaired) electrons. The summed E-state index contributed by atoms with van der Waals surface area (Å²) in [6, 6.07) is 2.77. The van der Waals surface area contributed by atoms with Crippen molar-refractivity contribution in [2.45, 2.75) is 0 Å². The normalized spacial score (nSPS) is 10.9. The summed E-state index contributed by atoms with van der Waals surface area (Å²) < 4.78 is 15.4. The van der Waals surface area contributed by atoms with E-state index in [0.717, 1.165) is 0 Å². The van der Waals surface area contributed by atoms with Crippen LogP contribution >= 0.6 is 28.1 Å². The first kappa shape index (κ1) is 10.5. The van der Waals surface area contributed by atoms with E-state index in [0.29, 0.717) is 4.47 Å². The SMILES string of the molecule is Cn1c(=S)[nH]c2c(F)ccc(Br)c2c1=O. The second-order valence-electron chi connectivity index (χ2n) is 3.07. The third-order valence-electron chi connectivity index (χ3n) is 2.16. The topological polar surface area (TPSA) is 37.8 Å². The molecule has 0 aliphatic heterocycles. The smallest absolute Gasteiger partial charge is 0.263 e. The van der Waals surface area contributed by atoms with E-state index in [4.69, 9.17) is 12.2 Å². The van der Waals surface area contributed by atoms with Crippen LogP contribution in [0.2, 0.25) is 0 Å². The zero-order chi connectivity index (χ0) is 11.2. The minimum absolute atomic E-state index is 0.137. The van der Waals surface area contributed by atoms with Crippen molar-refractivity contribution in [2.75, 3.05) is 0 Å². The van der Waals surface area contributed by atoms with Crippen LogP contribution in [0.1, 0.15) is 0 Å². The monoisotopic (exact) mass is 288 g/mol. The lowest BCUT2D eigenvalue weighted by molar-refractivity contribution is 0.634. The number of fused-ring (bicyclic) bond motifs is 1. The number of halogens is 2. The Kier molecular flexibility index (Phi) is 2.47. The van der Waals surface area contributed by atoms with Crippen molar-refractivity contribution in [3.05, 3.63) is 37.5 Å². The van der Waals surface area contributed by atoms with Crippen LogP contribution < -0.4 is 5.56 Å². The maximum absolute atomic E-state index is 13.4. The van der Waals surface area contributed by atoms with E-state index in [2.05, 4.69) is 20.9 Å². The maximum atomic E-state index is 13.4. The Morgan fingerprint density at radius 1 is 1.53 bits per heavy atom. The fraction of sp³-hybridized carbons (Fsp3) is 0.111. The Bertz CT molecular complexity index is 661. The van der Waals surface area contributed by atoms with Crippen LogP contribution in [0.5, 0.6) is 0 Å². The van der Waals surface area contributed by atoms with Crippen molar-refractivity contribution >= 4 is 39.1 Å². The standard InChI is InChI=1S/C9H6BrFN2OS/c1-13-8(14)6-4(10)2-3-5(11)7(6)12-9(13)15/h2-3H,1H3,(H,12,15). The molecule has 2 rings (SSSR count). The van der Waals surface area contributed by atoms with Crippen LogP contribution in [0.25, 0.3) is 10.9 Å². The van der Waals surface area contributed by atoms with E-state index in [-0.39, 0.29) is 21.2 Å². The Balaban J connectivity index is 3.19. The van der Waals surface area contributed by atoms with E-state index >= 15 is 0 Å². The Labute approximate surface area is 97.7 Å². The zero-order valence-corrected chi connectivity index (χ0v) is 10.1. The summed E-state index contributed by atoms with van der Waals surface area (Å²) in [5.74, 6) is -0.489. The summed E-state index contributed by atoms with van der Waals surface area (Å²) in [5, 5.41) is 0.270. The van der Waals surface area contributed by atoms with E-state index in [1.165, 1.54) is 23.7 Å².